The van der Waals surface area contributed by atoms with E-state index in [2.05, 4.69) is 35.3 Å². The highest BCUT2D eigenvalue weighted by Gasteiger charge is 2.20. The van der Waals surface area contributed by atoms with E-state index in [0.717, 1.165) is 26.2 Å². The van der Waals surface area contributed by atoms with Gasteiger partial charge in [0.15, 0.2) is 11.5 Å². The molecular weight excluding hydrogens is 390 g/mol. The average molecular weight is 415 g/mol. The fourth-order valence-corrected chi connectivity index (χ4v) is 3.17. The summed E-state index contributed by atoms with van der Waals surface area (Å²) in [7, 11) is 1.50. The van der Waals surface area contributed by atoms with E-state index in [4.69, 9.17) is 14.2 Å². The Morgan fingerprint density at radius 3 is 2.13 bits per heavy atom. The molecule has 2 saturated heterocycles. The number of nitrogens with one attached hydrogen (secondary N) is 1. The molecule has 0 unspecified atom stereocenters. The molecule has 2 aliphatic heterocycles. The van der Waals surface area contributed by atoms with Crippen molar-refractivity contribution in [3.63, 3.8) is 0 Å². The van der Waals surface area contributed by atoms with Gasteiger partial charge in [-0.15, -0.1) is 0 Å². The lowest BCUT2D eigenvalue weighted by Crippen LogP contribution is -2.40. The van der Waals surface area contributed by atoms with Crippen LogP contribution in [0.5, 0.6) is 11.5 Å². The van der Waals surface area contributed by atoms with E-state index in [1.165, 1.54) is 7.11 Å². The molecule has 1 aromatic heterocycles. The fraction of sp³-hybridized carbons (Fsp3) is 0.474. The molecule has 0 aliphatic carbocycles. The lowest BCUT2D eigenvalue weighted by Gasteiger charge is -2.30. The number of hydrogen-bond donors (Lipinski definition) is 2. The summed E-state index contributed by atoms with van der Waals surface area (Å²) in [6, 6.07) is 5.03. The number of phenolic OH excluding ortho intramolecular Hbond substituents is 1. The number of morpholine rings is 2. The molecule has 0 amide bonds. The maximum atomic E-state index is 9.90. The molecular formula is C19H25N7O4. The second-order valence-electron chi connectivity index (χ2n) is 6.76. The number of phenols is 1. The highest BCUT2D eigenvalue weighted by Crippen LogP contribution is 2.25. The smallest absolute Gasteiger partial charge is 0.250 e. The van der Waals surface area contributed by atoms with Gasteiger partial charge >= 0.3 is 0 Å². The molecule has 2 fully saturated rings. The minimum Gasteiger partial charge on any atom is -0.504 e. The number of hydrazone groups is 1. The molecule has 11 nitrogen and oxygen atoms in total. The molecule has 160 valence electrons. The summed E-state index contributed by atoms with van der Waals surface area (Å²) in [4.78, 5) is 17.9. The number of hydrogen-bond acceptors (Lipinski definition) is 11. The minimum absolute atomic E-state index is 0.0471. The predicted octanol–water partition coefficient (Wildman–Crippen LogP) is 0.705. The van der Waals surface area contributed by atoms with Crippen LogP contribution < -0.4 is 20.0 Å². The Labute approximate surface area is 174 Å². The maximum absolute atomic E-state index is 9.90. The molecule has 4 rings (SSSR count). The van der Waals surface area contributed by atoms with Crippen molar-refractivity contribution in [2.75, 3.05) is 74.9 Å². The quantitative estimate of drug-likeness (QED) is 0.516. The van der Waals surface area contributed by atoms with Gasteiger partial charge in [-0.25, -0.2) is 5.43 Å². The Kier molecular flexibility index (Phi) is 6.40. The molecule has 0 radical (unpaired) electrons. The Hall–Kier alpha value is -3.18. The molecule has 11 heteroatoms. The molecule has 0 spiro atoms. The molecule has 2 aromatic rings. The summed E-state index contributed by atoms with van der Waals surface area (Å²) in [6.45, 7) is 5.45. The first kappa shape index (κ1) is 20.1. The molecule has 0 saturated carbocycles. The van der Waals surface area contributed by atoms with Crippen molar-refractivity contribution in [1.82, 2.24) is 15.0 Å². The molecule has 3 heterocycles. The summed E-state index contributed by atoms with van der Waals surface area (Å²) >= 11 is 0. The van der Waals surface area contributed by atoms with E-state index in [1.807, 2.05) is 0 Å². The summed E-state index contributed by atoms with van der Waals surface area (Å²) in [6.07, 6.45) is 1.58. The third-order valence-corrected chi connectivity index (χ3v) is 4.78. The number of aromatic nitrogens is 3. The van der Waals surface area contributed by atoms with Gasteiger partial charge in [0, 0.05) is 26.2 Å². The van der Waals surface area contributed by atoms with E-state index in [1.54, 1.807) is 24.4 Å². The second kappa shape index (κ2) is 9.55. The van der Waals surface area contributed by atoms with Crippen molar-refractivity contribution >= 4 is 24.1 Å². The summed E-state index contributed by atoms with van der Waals surface area (Å²) in [5.74, 6) is 1.99. The number of benzene rings is 1. The lowest BCUT2D eigenvalue weighted by atomic mass is 10.2. The lowest BCUT2D eigenvalue weighted by molar-refractivity contribution is 0.121. The first-order valence-corrected chi connectivity index (χ1v) is 9.80. The Bertz CT molecular complexity index is 847. The van der Waals surface area contributed by atoms with Gasteiger partial charge in [0.25, 0.3) is 0 Å². The van der Waals surface area contributed by atoms with E-state index < -0.39 is 0 Å². The van der Waals surface area contributed by atoms with Gasteiger partial charge in [0.2, 0.25) is 17.8 Å². The number of nitrogens with zero attached hydrogens (tertiary/aromatic N) is 6. The molecule has 2 N–H and O–H groups in total. The third-order valence-electron chi connectivity index (χ3n) is 4.78. The highest BCUT2D eigenvalue weighted by molar-refractivity contribution is 5.81. The molecule has 30 heavy (non-hydrogen) atoms. The number of methoxy groups -OCH3 is 1. The molecule has 0 atom stereocenters. The predicted molar refractivity (Wildman–Crippen MR) is 112 cm³/mol. The van der Waals surface area contributed by atoms with Crippen LogP contribution in [-0.2, 0) is 9.47 Å². The van der Waals surface area contributed by atoms with Crippen LogP contribution in [0.1, 0.15) is 5.56 Å². The molecule has 0 bridgehead atoms. The van der Waals surface area contributed by atoms with E-state index in [0.29, 0.717) is 55.6 Å². The summed E-state index contributed by atoms with van der Waals surface area (Å²) in [5, 5.41) is 14.1. The van der Waals surface area contributed by atoms with Gasteiger partial charge in [-0.2, -0.15) is 20.1 Å². The van der Waals surface area contributed by atoms with Crippen LogP contribution in [0.2, 0.25) is 0 Å². The second-order valence-corrected chi connectivity index (χ2v) is 6.76. The zero-order chi connectivity index (χ0) is 20.8. The molecule has 2 aliphatic rings. The van der Waals surface area contributed by atoms with Crippen molar-refractivity contribution in [2.45, 2.75) is 0 Å². The van der Waals surface area contributed by atoms with Crippen LogP contribution in [0, 0.1) is 0 Å². The Balaban J connectivity index is 1.53. The number of rotatable bonds is 6. The van der Waals surface area contributed by atoms with E-state index >= 15 is 0 Å². The van der Waals surface area contributed by atoms with Crippen molar-refractivity contribution in [3.05, 3.63) is 23.8 Å². The number of aromatic hydroxyl groups is 1. The van der Waals surface area contributed by atoms with Crippen LogP contribution in [0.4, 0.5) is 17.8 Å². The largest absolute Gasteiger partial charge is 0.504 e. The van der Waals surface area contributed by atoms with Gasteiger partial charge in [0.1, 0.15) is 0 Å². The van der Waals surface area contributed by atoms with Crippen molar-refractivity contribution in [3.8, 4) is 11.5 Å². The van der Waals surface area contributed by atoms with Gasteiger partial charge < -0.3 is 29.1 Å². The zero-order valence-electron chi connectivity index (χ0n) is 16.8. The Morgan fingerprint density at radius 2 is 1.60 bits per heavy atom. The number of ether oxygens (including phenoxy) is 3. The van der Waals surface area contributed by atoms with Crippen LogP contribution in [-0.4, -0.2) is 86.0 Å². The van der Waals surface area contributed by atoms with E-state index in [-0.39, 0.29) is 5.75 Å². The van der Waals surface area contributed by atoms with Crippen LogP contribution >= 0.6 is 0 Å². The van der Waals surface area contributed by atoms with Crippen LogP contribution in [0.15, 0.2) is 23.3 Å². The van der Waals surface area contributed by atoms with Gasteiger partial charge in [-0.05, 0) is 23.8 Å². The van der Waals surface area contributed by atoms with E-state index in [9.17, 15) is 5.11 Å². The van der Waals surface area contributed by atoms with Crippen LogP contribution in [0.3, 0.4) is 0 Å². The highest BCUT2D eigenvalue weighted by atomic mass is 16.5. The Morgan fingerprint density at radius 1 is 1.00 bits per heavy atom. The van der Waals surface area contributed by atoms with Gasteiger partial charge in [0.05, 0.1) is 39.8 Å². The third kappa shape index (κ3) is 4.86. The van der Waals surface area contributed by atoms with Crippen molar-refractivity contribution in [2.24, 2.45) is 5.10 Å². The standard InChI is InChI=1S/C19H25N7O4/c1-28-16-3-2-14(12-15(16)27)13-20-24-17-21-18(25-4-8-29-9-5-25)23-19(22-17)26-6-10-30-11-7-26/h2-3,12-13,27H,4-11H2,1H3,(H,21,22,23,24). The fourth-order valence-electron chi connectivity index (χ4n) is 3.17. The zero-order valence-corrected chi connectivity index (χ0v) is 16.8. The minimum atomic E-state index is 0.0471. The molecule has 1 aromatic carbocycles. The monoisotopic (exact) mass is 415 g/mol. The summed E-state index contributed by atoms with van der Waals surface area (Å²) in [5.41, 5.74) is 3.58. The van der Waals surface area contributed by atoms with Gasteiger partial charge in [-0.1, -0.05) is 0 Å². The van der Waals surface area contributed by atoms with Crippen molar-refractivity contribution < 1.29 is 19.3 Å². The normalized spacial score (nSPS) is 17.4. The maximum Gasteiger partial charge on any atom is 0.250 e. The summed E-state index contributed by atoms with van der Waals surface area (Å²) < 4.78 is 15.9. The SMILES string of the molecule is COc1ccc(C=NNc2nc(N3CCOCC3)nc(N3CCOCC3)n2)cc1O. The first-order chi connectivity index (χ1) is 14.7. The average Bonchev–Trinajstić information content (AvgIpc) is 2.80. The van der Waals surface area contributed by atoms with Gasteiger partial charge in [-0.3, -0.25) is 0 Å². The topological polar surface area (TPSA) is 117 Å². The van der Waals surface area contributed by atoms with Crippen LogP contribution in [0.25, 0.3) is 0 Å². The first-order valence-electron chi connectivity index (χ1n) is 9.80. The number of anilines is 3. The van der Waals surface area contributed by atoms with Crippen molar-refractivity contribution in [1.29, 1.82) is 0 Å².